The summed E-state index contributed by atoms with van der Waals surface area (Å²) in [5.41, 5.74) is 3.99. The number of rotatable bonds is 4. The van der Waals surface area contributed by atoms with Crippen LogP contribution < -0.4 is 15.0 Å². The number of benzene rings is 2. The zero-order valence-electron chi connectivity index (χ0n) is 18.8. The van der Waals surface area contributed by atoms with E-state index in [0.717, 1.165) is 79.9 Å². The Morgan fingerprint density at radius 1 is 1.03 bits per heavy atom. The van der Waals surface area contributed by atoms with Crippen molar-refractivity contribution in [3.05, 3.63) is 59.5 Å². The van der Waals surface area contributed by atoms with Gasteiger partial charge in [-0.2, -0.15) is 0 Å². The Morgan fingerprint density at radius 3 is 2.68 bits per heavy atom. The molecule has 0 unspecified atom stereocenters. The first-order valence-corrected chi connectivity index (χ1v) is 11.9. The second kappa shape index (κ2) is 8.68. The predicted molar refractivity (Wildman–Crippen MR) is 126 cm³/mol. The first-order valence-electron chi connectivity index (χ1n) is 11.9. The van der Waals surface area contributed by atoms with Crippen molar-refractivity contribution in [2.24, 2.45) is 0 Å². The maximum atomic E-state index is 12.4. The highest BCUT2D eigenvalue weighted by atomic mass is 16.5. The molecule has 3 aliphatic rings. The van der Waals surface area contributed by atoms with Crippen molar-refractivity contribution in [3.63, 3.8) is 0 Å². The largest absolute Gasteiger partial charge is 0.490 e. The summed E-state index contributed by atoms with van der Waals surface area (Å²) in [4.78, 5) is 35.4. The third-order valence-corrected chi connectivity index (χ3v) is 7.15. The molecule has 2 fully saturated rings. The summed E-state index contributed by atoms with van der Waals surface area (Å²) in [6.07, 6.45) is 7.02. The molecule has 1 saturated carbocycles. The van der Waals surface area contributed by atoms with Crippen LogP contribution in [0.3, 0.4) is 0 Å². The van der Waals surface area contributed by atoms with E-state index in [1.807, 2.05) is 18.3 Å². The minimum absolute atomic E-state index is 0.0758. The summed E-state index contributed by atoms with van der Waals surface area (Å²) in [5.74, 6) is 0.480. The van der Waals surface area contributed by atoms with Gasteiger partial charge in [0.05, 0.1) is 41.3 Å². The highest BCUT2D eigenvalue weighted by Crippen LogP contribution is 2.39. The van der Waals surface area contributed by atoms with Crippen molar-refractivity contribution in [2.75, 3.05) is 31.2 Å². The topological polar surface area (TPSA) is 93.7 Å². The van der Waals surface area contributed by atoms with E-state index in [2.05, 4.69) is 32.3 Å². The lowest BCUT2D eigenvalue weighted by Crippen LogP contribution is -2.36. The second-order valence-electron chi connectivity index (χ2n) is 9.14. The molecular weight excluding hydrogens is 432 g/mol. The van der Waals surface area contributed by atoms with Gasteiger partial charge in [0.25, 0.3) is 11.8 Å². The van der Waals surface area contributed by atoms with Gasteiger partial charge in [-0.15, -0.1) is 0 Å². The van der Waals surface area contributed by atoms with Crippen LogP contribution in [0.25, 0.3) is 10.9 Å². The lowest BCUT2D eigenvalue weighted by Gasteiger charge is -2.32. The molecule has 0 atom stereocenters. The minimum Gasteiger partial charge on any atom is -0.490 e. The molecule has 2 amide bonds. The fraction of sp³-hybridized carbons (Fsp3) is 0.385. The molecule has 1 saturated heterocycles. The number of carbonyl (C=O) groups is 2. The van der Waals surface area contributed by atoms with Crippen molar-refractivity contribution >= 4 is 28.4 Å². The lowest BCUT2D eigenvalue weighted by molar-refractivity contribution is 0.0879. The number of nitrogens with zero attached hydrogens (tertiary/aromatic N) is 3. The Balaban J connectivity index is 1.21. The number of amides is 2. The molecule has 34 heavy (non-hydrogen) atoms. The molecule has 8 heteroatoms. The number of ether oxygens (including phenoxy) is 2. The number of morpholine rings is 1. The second-order valence-corrected chi connectivity index (χ2v) is 9.14. The van der Waals surface area contributed by atoms with Crippen molar-refractivity contribution in [3.8, 4) is 5.75 Å². The van der Waals surface area contributed by atoms with Gasteiger partial charge in [-0.25, -0.2) is 9.97 Å². The number of nitrogens with one attached hydrogen (secondary N) is 1. The first kappa shape index (κ1) is 21.0. The van der Waals surface area contributed by atoms with Gasteiger partial charge in [0.1, 0.15) is 12.1 Å². The van der Waals surface area contributed by atoms with Crippen LogP contribution in [0.1, 0.15) is 57.9 Å². The highest BCUT2D eigenvalue weighted by molar-refractivity contribution is 6.22. The van der Waals surface area contributed by atoms with Crippen LogP contribution in [0.5, 0.6) is 5.75 Å². The molecule has 1 aromatic heterocycles. The van der Waals surface area contributed by atoms with Crippen LogP contribution >= 0.6 is 0 Å². The van der Waals surface area contributed by atoms with Crippen LogP contribution in [0.2, 0.25) is 0 Å². The van der Waals surface area contributed by atoms with Crippen molar-refractivity contribution in [1.29, 1.82) is 0 Å². The zero-order chi connectivity index (χ0) is 23.1. The summed E-state index contributed by atoms with van der Waals surface area (Å²) in [5, 5.41) is 3.34. The molecular formula is C26H26N4O4. The zero-order valence-corrected chi connectivity index (χ0v) is 18.8. The fourth-order valence-corrected chi connectivity index (χ4v) is 5.40. The molecule has 1 aliphatic carbocycles. The maximum absolute atomic E-state index is 12.4. The fourth-order valence-electron chi connectivity index (χ4n) is 5.40. The average molecular weight is 459 g/mol. The summed E-state index contributed by atoms with van der Waals surface area (Å²) >= 11 is 0. The number of carbonyl (C=O) groups excluding carboxylic acids is 2. The van der Waals surface area contributed by atoms with E-state index < -0.39 is 0 Å². The molecule has 8 nitrogen and oxygen atoms in total. The molecule has 0 bridgehead atoms. The van der Waals surface area contributed by atoms with Crippen LogP contribution in [0.4, 0.5) is 5.69 Å². The summed E-state index contributed by atoms with van der Waals surface area (Å²) < 4.78 is 12.0. The monoisotopic (exact) mass is 458 g/mol. The Labute approximate surface area is 197 Å². The van der Waals surface area contributed by atoms with Gasteiger partial charge in [0, 0.05) is 31.0 Å². The number of hydrogen-bond donors (Lipinski definition) is 1. The highest BCUT2D eigenvalue weighted by Gasteiger charge is 2.33. The predicted octanol–water partition coefficient (Wildman–Crippen LogP) is 3.46. The van der Waals surface area contributed by atoms with E-state index >= 15 is 0 Å². The lowest BCUT2D eigenvalue weighted by atomic mass is 9.80. The SMILES string of the molecule is O=C1NC(=O)c2c1cccc2C1CCC(Oc2cc(N3CCOCC3)cc3ncncc23)CC1. The molecule has 3 aromatic rings. The number of anilines is 1. The van der Waals surface area contributed by atoms with Gasteiger partial charge in [0.15, 0.2) is 0 Å². The van der Waals surface area contributed by atoms with Crippen LogP contribution in [-0.4, -0.2) is 54.2 Å². The number of fused-ring (bicyclic) bond motifs is 2. The molecule has 0 spiro atoms. The van der Waals surface area contributed by atoms with Gasteiger partial charge in [-0.1, -0.05) is 12.1 Å². The number of imide groups is 1. The molecule has 0 radical (unpaired) electrons. The standard InChI is InChI=1S/C26H26N4O4/c31-25-20-3-1-2-19(24(20)26(32)29-25)16-4-6-18(7-5-16)34-23-13-17(30-8-10-33-11-9-30)12-22-21(23)14-27-15-28-22/h1-3,12-16,18H,4-11H2,(H,29,31,32). The molecule has 3 heterocycles. The molecule has 2 aliphatic heterocycles. The Morgan fingerprint density at radius 2 is 1.85 bits per heavy atom. The third kappa shape index (κ3) is 3.77. The average Bonchev–Trinajstić information content (AvgIpc) is 3.18. The van der Waals surface area contributed by atoms with E-state index in [1.165, 1.54) is 0 Å². The van der Waals surface area contributed by atoms with Crippen LogP contribution in [0.15, 0.2) is 42.9 Å². The van der Waals surface area contributed by atoms with Gasteiger partial charge < -0.3 is 14.4 Å². The third-order valence-electron chi connectivity index (χ3n) is 7.15. The van der Waals surface area contributed by atoms with Crippen LogP contribution in [0, 0.1) is 0 Å². The van der Waals surface area contributed by atoms with E-state index in [4.69, 9.17) is 9.47 Å². The first-order chi connectivity index (χ1) is 16.7. The number of aromatic nitrogens is 2. The van der Waals surface area contributed by atoms with Gasteiger partial charge in [0.2, 0.25) is 0 Å². The Kier molecular flexibility index (Phi) is 5.37. The summed E-state index contributed by atoms with van der Waals surface area (Å²) in [7, 11) is 0. The van der Waals surface area contributed by atoms with E-state index in [1.54, 1.807) is 12.4 Å². The Bertz CT molecular complexity index is 1260. The molecule has 6 rings (SSSR count). The quantitative estimate of drug-likeness (QED) is 0.599. The van der Waals surface area contributed by atoms with Gasteiger partial charge >= 0.3 is 0 Å². The summed E-state index contributed by atoms with van der Waals surface area (Å²) in [6, 6.07) is 9.78. The van der Waals surface area contributed by atoms with Gasteiger partial charge in [-0.3, -0.25) is 14.9 Å². The Hall–Kier alpha value is -3.52. The molecule has 2 aromatic carbocycles. The van der Waals surface area contributed by atoms with E-state index in [-0.39, 0.29) is 23.8 Å². The van der Waals surface area contributed by atoms with E-state index in [0.29, 0.717) is 11.1 Å². The maximum Gasteiger partial charge on any atom is 0.259 e. The summed E-state index contributed by atoms with van der Waals surface area (Å²) in [6.45, 7) is 3.13. The minimum atomic E-state index is -0.298. The van der Waals surface area contributed by atoms with Crippen molar-refractivity contribution in [2.45, 2.75) is 37.7 Å². The molecule has 174 valence electrons. The number of hydrogen-bond acceptors (Lipinski definition) is 7. The smallest absolute Gasteiger partial charge is 0.259 e. The van der Waals surface area contributed by atoms with Crippen LogP contribution in [-0.2, 0) is 4.74 Å². The molecule has 1 N–H and O–H groups in total. The van der Waals surface area contributed by atoms with E-state index in [9.17, 15) is 9.59 Å². The normalized spacial score (nSPS) is 22.5. The van der Waals surface area contributed by atoms with Crippen molar-refractivity contribution < 1.29 is 19.1 Å². The van der Waals surface area contributed by atoms with Crippen molar-refractivity contribution in [1.82, 2.24) is 15.3 Å². The van der Waals surface area contributed by atoms with Gasteiger partial charge in [-0.05, 0) is 49.3 Å².